The van der Waals surface area contributed by atoms with Gasteiger partial charge < -0.3 is 29.6 Å². The Morgan fingerprint density at radius 3 is 1.69 bits per heavy atom. The van der Waals surface area contributed by atoms with Gasteiger partial charge in [-0.2, -0.15) is 0 Å². The van der Waals surface area contributed by atoms with Crippen molar-refractivity contribution in [3.05, 3.63) is 0 Å². The predicted octanol–water partition coefficient (Wildman–Crippen LogP) is 1.26. The Kier molecular flexibility index (Phi) is 18.8. The van der Waals surface area contributed by atoms with Crippen molar-refractivity contribution in [2.45, 2.75) is 40.2 Å². The molecule has 0 aromatic carbocycles. The maximum atomic E-state index is 11.4. The quantitative estimate of drug-likeness (QED) is 0.310. The molecule has 1 unspecified atom stereocenters. The summed E-state index contributed by atoms with van der Waals surface area (Å²) in [6, 6.07) is 0.543. The first-order chi connectivity index (χ1) is 12.6. The Morgan fingerprint density at radius 1 is 0.769 bits per heavy atom. The molecule has 7 nitrogen and oxygen atoms in total. The second-order valence-corrected chi connectivity index (χ2v) is 6.51. The van der Waals surface area contributed by atoms with Crippen LogP contribution in [0.3, 0.4) is 0 Å². The molecule has 0 radical (unpaired) electrons. The van der Waals surface area contributed by atoms with Gasteiger partial charge in [-0.25, -0.2) is 0 Å². The fraction of sp³-hybridized carbons (Fsp3) is 0.947. The molecular weight excluding hydrogens is 336 g/mol. The molecule has 26 heavy (non-hydrogen) atoms. The van der Waals surface area contributed by atoms with Crippen molar-refractivity contribution in [3.8, 4) is 0 Å². The van der Waals surface area contributed by atoms with E-state index in [4.69, 9.17) is 18.9 Å². The second-order valence-electron chi connectivity index (χ2n) is 6.51. The fourth-order valence-corrected chi connectivity index (χ4v) is 1.84. The van der Waals surface area contributed by atoms with Gasteiger partial charge in [-0.3, -0.25) is 4.79 Å². The Morgan fingerprint density at radius 2 is 1.23 bits per heavy atom. The van der Waals surface area contributed by atoms with E-state index in [-0.39, 0.29) is 11.7 Å². The SMILES string of the molecule is CCC(C)NCCOCCOCCOCCOCCNCC(=O)C(C)C. The maximum absolute atomic E-state index is 11.4. The zero-order valence-corrected chi connectivity index (χ0v) is 17.2. The van der Waals surface area contributed by atoms with E-state index < -0.39 is 0 Å². The molecule has 0 rings (SSSR count). The van der Waals surface area contributed by atoms with Gasteiger partial charge in [-0.1, -0.05) is 20.8 Å². The van der Waals surface area contributed by atoms with Crippen LogP contribution in [0.15, 0.2) is 0 Å². The van der Waals surface area contributed by atoms with E-state index in [1.165, 1.54) is 0 Å². The van der Waals surface area contributed by atoms with E-state index in [0.29, 0.717) is 72.0 Å². The van der Waals surface area contributed by atoms with Gasteiger partial charge in [0.25, 0.3) is 0 Å². The van der Waals surface area contributed by atoms with E-state index in [2.05, 4.69) is 24.5 Å². The monoisotopic (exact) mass is 376 g/mol. The molecular formula is C19H40N2O5. The molecule has 0 spiro atoms. The zero-order chi connectivity index (χ0) is 19.5. The molecule has 0 bridgehead atoms. The summed E-state index contributed by atoms with van der Waals surface area (Å²) in [5.41, 5.74) is 0. The molecule has 156 valence electrons. The van der Waals surface area contributed by atoms with Gasteiger partial charge in [-0.15, -0.1) is 0 Å². The van der Waals surface area contributed by atoms with Gasteiger partial charge in [-0.05, 0) is 13.3 Å². The Balaban J connectivity index is 3.08. The van der Waals surface area contributed by atoms with Gasteiger partial charge in [0.1, 0.15) is 5.78 Å². The van der Waals surface area contributed by atoms with Gasteiger partial charge in [0.2, 0.25) is 0 Å². The lowest BCUT2D eigenvalue weighted by Crippen LogP contribution is -2.29. The van der Waals surface area contributed by atoms with Crippen molar-refractivity contribution in [1.82, 2.24) is 10.6 Å². The van der Waals surface area contributed by atoms with E-state index in [1.807, 2.05) is 13.8 Å². The minimum absolute atomic E-state index is 0.0808. The molecule has 0 aliphatic rings. The smallest absolute Gasteiger partial charge is 0.149 e. The number of hydrogen-bond donors (Lipinski definition) is 2. The highest BCUT2D eigenvalue weighted by Crippen LogP contribution is 1.91. The summed E-state index contributed by atoms with van der Waals surface area (Å²) in [7, 11) is 0. The number of ketones is 1. The summed E-state index contributed by atoms with van der Waals surface area (Å²) in [6.07, 6.45) is 1.13. The fourth-order valence-electron chi connectivity index (χ4n) is 1.84. The molecule has 0 saturated heterocycles. The first-order valence-electron chi connectivity index (χ1n) is 9.85. The third-order valence-electron chi connectivity index (χ3n) is 3.83. The van der Waals surface area contributed by atoms with Crippen LogP contribution in [0.25, 0.3) is 0 Å². The maximum Gasteiger partial charge on any atom is 0.149 e. The third kappa shape index (κ3) is 18.2. The molecule has 0 amide bonds. The Bertz CT molecular complexity index is 316. The van der Waals surface area contributed by atoms with E-state index in [0.717, 1.165) is 13.0 Å². The van der Waals surface area contributed by atoms with Crippen molar-refractivity contribution >= 4 is 5.78 Å². The van der Waals surface area contributed by atoms with Gasteiger partial charge in [0.05, 0.1) is 59.4 Å². The van der Waals surface area contributed by atoms with Crippen LogP contribution < -0.4 is 10.6 Å². The number of rotatable bonds is 20. The molecule has 0 saturated carbocycles. The molecule has 0 heterocycles. The number of ether oxygens (including phenoxy) is 4. The van der Waals surface area contributed by atoms with Crippen LogP contribution in [-0.2, 0) is 23.7 Å². The second kappa shape index (κ2) is 19.2. The molecule has 1 atom stereocenters. The molecule has 0 fully saturated rings. The summed E-state index contributed by atoms with van der Waals surface area (Å²) in [4.78, 5) is 11.4. The first kappa shape index (κ1) is 25.4. The van der Waals surface area contributed by atoms with Crippen LogP contribution >= 0.6 is 0 Å². The third-order valence-corrected chi connectivity index (χ3v) is 3.83. The minimum Gasteiger partial charge on any atom is -0.378 e. The van der Waals surface area contributed by atoms with Crippen molar-refractivity contribution < 1.29 is 23.7 Å². The van der Waals surface area contributed by atoms with Crippen molar-refractivity contribution in [1.29, 1.82) is 0 Å². The standard InChI is InChI=1S/C19H40N2O5/c1-5-18(4)21-7-9-24-11-13-26-15-14-25-12-10-23-8-6-20-16-19(22)17(2)3/h17-18,20-21H,5-16H2,1-4H3. The van der Waals surface area contributed by atoms with Gasteiger partial charge in [0, 0.05) is 25.0 Å². The topological polar surface area (TPSA) is 78.1 Å². The highest BCUT2D eigenvalue weighted by molar-refractivity contribution is 5.82. The number of Topliss-reactive ketones (excluding diaryl/α,β-unsaturated/α-hetero) is 1. The van der Waals surface area contributed by atoms with E-state index in [1.54, 1.807) is 0 Å². The average molecular weight is 377 g/mol. The van der Waals surface area contributed by atoms with Crippen molar-refractivity contribution in [3.63, 3.8) is 0 Å². The predicted molar refractivity (Wildman–Crippen MR) is 104 cm³/mol. The van der Waals surface area contributed by atoms with Crippen LogP contribution in [0.2, 0.25) is 0 Å². The number of hydrogen-bond acceptors (Lipinski definition) is 7. The Labute approximate surface area is 159 Å². The Hall–Kier alpha value is -0.570. The van der Waals surface area contributed by atoms with Crippen LogP contribution in [-0.4, -0.2) is 84.3 Å². The molecule has 0 aliphatic carbocycles. The average Bonchev–Trinajstić information content (AvgIpc) is 2.63. The van der Waals surface area contributed by atoms with Gasteiger partial charge >= 0.3 is 0 Å². The van der Waals surface area contributed by atoms with Crippen molar-refractivity contribution in [2.24, 2.45) is 5.92 Å². The summed E-state index contributed by atoms with van der Waals surface area (Å²) in [5.74, 6) is 0.304. The van der Waals surface area contributed by atoms with Crippen LogP contribution in [0.5, 0.6) is 0 Å². The summed E-state index contributed by atoms with van der Waals surface area (Å²) < 4.78 is 21.7. The lowest BCUT2D eigenvalue weighted by atomic mass is 10.1. The summed E-state index contributed by atoms with van der Waals surface area (Å²) >= 11 is 0. The lowest BCUT2D eigenvalue weighted by Gasteiger charge is -2.11. The molecule has 0 aliphatic heterocycles. The first-order valence-corrected chi connectivity index (χ1v) is 9.85. The molecule has 7 heteroatoms. The van der Waals surface area contributed by atoms with Gasteiger partial charge in [0.15, 0.2) is 0 Å². The minimum atomic E-state index is 0.0808. The molecule has 0 aromatic rings. The van der Waals surface area contributed by atoms with Crippen molar-refractivity contribution in [2.75, 3.05) is 72.5 Å². The number of carbonyl (C=O) groups excluding carboxylic acids is 1. The number of nitrogens with one attached hydrogen (secondary N) is 2. The molecule has 2 N–H and O–H groups in total. The van der Waals surface area contributed by atoms with E-state index in [9.17, 15) is 4.79 Å². The highest BCUT2D eigenvalue weighted by atomic mass is 16.6. The highest BCUT2D eigenvalue weighted by Gasteiger charge is 2.05. The summed E-state index contributed by atoms with van der Waals surface area (Å²) in [6.45, 7) is 14.8. The normalized spacial score (nSPS) is 12.7. The largest absolute Gasteiger partial charge is 0.378 e. The van der Waals surface area contributed by atoms with Crippen LogP contribution in [0, 0.1) is 5.92 Å². The van der Waals surface area contributed by atoms with E-state index >= 15 is 0 Å². The molecule has 0 aromatic heterocycles. The lowest BCUT2D eigenvalue weighted by molar-refractivity contribution is -0.121. The number of carbonyl (C=O) groups is 1. The zero-order valence-electron chi connectivity index (χ0n) is 17.2. The van der Waals surface area contributed by atoms with Crippen LogP contribution in [0.1, 0.15) is 34.1 Å². The van der Waals surface area contributed by atoms with Crippen LogP contribution in [0.4, 0.5) is 0 Å². The summed E-state index contributed by atoms with van der Waals surface area (Å²) in [5, 5.41) is 6.44.